The first-order chi connectivity index (χ1) is 12.9. The molecule has 0 radical (unpaired) electrons. The summed E-state index contributed by atoms with van der Waals surface area (Å²) in [5.74, 6) is 0.377. The molecule has 2 aromatic carbocycles. The van der Waals surface area contributed by atoms with Crippen molar-refractivity contribution in [3.63, 3.8) is 0 Å². The number of aromatic nitrogens is 3. The Balaban J connectivity index is 1.81. The van der Waals surface area contributed by atoms with Gasteiger partial charge in [0.2, 0.25) is 0 Å². The maximum absolute atomic E-state index is 14.1. The molecule has 27 heavy (non-hydrogen) atoms. The summed E-state index contributed by atoms with van der Waals surface area (Å²) in [6, 6.07) is 11.2. The molecule has 3 rings (SSSR count). The molecule has 0 saturated carbocycles. The molecule has 0 aliphatic carbocycles. The highest BCUT2D eigenvalue weighted by molar-refractivity contribution is 7.98. The van der Waals surface area contributed by atoms with Crippen molar-refractivity contribution in [2.75, 3.05) is 0 Å². The van der Waals surface area contributed by atoms with Crippen molar-refractivity contribution in [3.05, 3.63) is 78.1 Å². The molecule has 0 aliphatic heterocycles. The SMILES string of the molecule is C=CCn1c(SCc2ccc(C(F)(F)F)cc2)nnc1-c1ccccc1F. The molecule has 0 saturated heterocycles. The molecule has 0 bridgehead atoms. The van der Waals surface area contributed by atoms with Crippen LogP contribution in [0.1, 0.15) is 11.1 Å². The molecule has 1 aromatic heterocycles. The lowest BCUT2D eigenvalue weighted by atomic mass is 10.1. The number of thioether (sulfide) groups is 1. The largest absolute Gasteiger partial charge is 0.416 e. The molecule has 1 heterocycles. The average molecular weight is 393 g/mol. The molecule has 0 atom stereocenters. The third-order valence-electron chi connectivity index (χ3n) is 3.79. The first-order valence-electron chi connectivity index (χ1n) is 7.98. The fraction of sp³-hybridized carbons (Fsp3) is 0.158. The van der Waals surface area contributed by atoms with E-state index in [1.165, 1.54) is 30.0 Å². The minimum atomic E-state index is -4.36. The van der Waals surface area contributed by atoms with Crippen LogP contribution in [-0.4, -0.2) is 14.8 Å². The fourth-order valence-electron chi connectivity index (χ4n) is 2.47. The van der Waals surface area contributed by atoms with Gasteiger partial charge in [-0.3, -0.25) is 4.57 Å². The van der Waals surface area contributed by atoms with E-state index in [4.69, 9.17) is 0 Å². The quantitative estimate of drug-likeness (QED) is 0.311. The first-order valence-corrected chi connectivity index (χ1v) is 8.96. The van der Waals surface area contributed by atoms with Crippen LogP contribution in [0.5, 0.6) is 0 Å². The first kappa shape index (κ1) is 19.2. The van der Waals surface area contributed by atoms with Crippen LogP contribution in [0.3, 0.4) is 0 Å². The van der Waals surface area contributed by atoms with Crippen molar-refractivity contribution in [2.24, 2.45) is 0 Å². The number of nitrogens with zero attached hydrogens (tertiary/aromatic N) is 3. The van der Waals surface area contributed by atoms with Gasteiger partial charge in [-0.15, -0.1) is 16.8 Å². The summed E-state index contributed by atoms with van der Waals surface area (Å²) in [5.41, 5.74) is 0.356. The van der Waals surface area contributed by atoms with Gasteiger partial charge in [0.1, 0.15) is 5.82 Å². The maximum atomic E-state index is 14.1. The predicted molar refractivity (Wildman–Crippen MR) is 96.6 cm³/mol. The third-order valence-corrected chi connectivity index (χ3v) is 4.83. The monoisotopic (exact) mass is 393 g/mol. The Hall–Kier alpha value is -2.61. The van der Waals surface area contributed by atoms with E-state index in [1.807, 2.05) is 0 Å². The second kappa shape index (κ2) is 7.96. The Labute approximate surface area is 157 Å². The maximum Gasteiger partial charge on any atom is 0.416 e. The van der Waals surface area contributed by atoms with E-state index < -0.39 is 17.6 Å². The molecular weight excluding hydrogens is 378 g/mol. The van der Waals surface area contributed by atoms with E-state index in [2.05, 4.69) is 16.8 Å². The Kier molecular flexibility index (Phi) is 5.65. The lowest BCUT2D eigenvalue weighted by Gasteiger charge is -2.09. The van der Waals surface area contributed by atoms with Gasteiger partial charge < -0.3 is 0 Å². The number of hydrogen-bond acceptors (Lipinski definition) is 3. The van der Waals surface area contributed by atoms with Crippen molar-refractivity contribution in [3.8, 4) is 11.4 Å². The van der Waals surface area contributed by atoms with Crippen LogP contribution < -0.4 is 0 Å². The Morgan fingerprint density at radius 1 is 1.04 bits per heavy atom. The zero-order valence-corrected chi connectivity index (χ0v) is 14.9. The summed E-state index contributed by atoms with van der Waals surface area (Å²) >= 11 is 1.31. The number of allylic oxidation sites excluding steroid dienone is 1. The Morgan fingerprint density at radius 3 is 2.37 bits per heavy atom. The van der Waals surface area contributed by atoms with Crippen LogP contribution in [0.2, 0.25) is 0 Å². The van der Waals surface area contributed by atoms with Crippen molar-refractivity contribution in [1.29, 1.82) is 0 Å². The van der Waals surface area contributed by atoms with Crippen molar-refractivity contribution < 1.29 is 17.6 Å². The van der Waals surface area contributed by atoms with Crippen molar-refractivity contribution in [2.45, 2.75) is 23.6 Å². The molecule has 3 aromatic rings. The van der Waals surface area contributed by atoms with Gasteiger partial charge in [-0.2, -0.15) is 13.2 Å². The smallest absolute Gasteiger partial charge is 0.298 e. The van der Waals surface area contributed by atoms with Crippen LogP contribution >= 0.6 is 11.8 Å². The zero-order chi connectivity index (χ0) is 19.4. The standard InChI is InChI=1S/C19H15F4N3S/c1-2-11-26-17(15-5-3-4-6-16(15)20)24-25-18(26)27-12-13-7-9-14(10-8-13)19(21,22)23/h2-10H,1,11-12H2. The zero-order valence-electron chi connectivity index (χ0n) is 14.1. The van der Waals surface area contributed by atoms with E-state index in [0.717, 1.165) is 12.1 Å². The highest BCUT2D eigenvalue weighted by Crippen LogP contribution is 2.31. The third kappa shape index (κ3) is 4.39. The molecule has 8 heteroatoms. The summed E-state index contributed by atoms with van der Waals surface area (Å²) < 4.78 is 53.7. The normalized spacial score (nSPS) is 11.6. The number of halogens is 4. The number of hydrogen-bond donors (Lipinski definition) is 0. The highest BCUT2D eigenvalue weighted by atomic mass is 32.2. The molecule has 140 valence electrons. The fourth-order valence-corrected chi connectivity index (χ4v) is 3.37. The van der Waals surface area contributed by atoms with E-state index in [9.17, 15) is 17.6 Å². The number of benzene rings is 2. The molecule has 0 fully saturated rings. The summed E-state index contributed by atoms with van der Waals surface area (Å²) in [6.45, 7) is 4.08. The lowest BCUT2D eigenvalue weighted by molar-refractivity contribution is -0.137. The van der Waals surface area contributed by atoms with Gasteiger partial charge in [-0.1, -0.05) is 42.1 Å². The number of alkyl halides is 3. The summed E-state index contributed by atoms with van der Waals surface area (Å²) in [4.78, 5) is 0. The summed E-state index contributed by atoms with van der Waals surface area (Å²) in [5, 5.41) is 8.72. The Bertz CT molecular complexity index is 933. The minimum Gasteiger partial charge on any atom is -0.298 e. The molecular formula is C19H15F4N3S. The topological polar surface area (TPSA) is 30.7 Å². The van der Waals surface area contributed by atoms with Gasteiger partial charge in [0.15, 0.2) is 11.0 Å². The molecule has 0 spiro atoms. The van der Waals surface area contributed by atoms with Crippen LogP contribution in [-0.2, 0) is 18.5 Å². The van der Waals surface area contributed by atoms with Gasteiger partial charge >= 0.3 is 6.18 Å². The summed E-state index contributed by atoms with van der Waals surface area (Å²) in [7, 11) is 0. The van der Waals surface area contributed by atoms with Crippen LogP contribution in [0.25, 0.3) is 11.4 Å². The molecule has 0 N–H and O–H groups in total. The van der Waals surface area contributed by atoms with Crippen LogP contribution in [0.4, 0.5) is 17.6 Å². The van der Waals surface area contributed by atoms with E-state index in [0.29, 0.717) is 34.4 Å². The summed E-state index contributed by atoms with van der Waals surface area (Å²) in [6.07, 6.45) is -2.71. The van der Waals surface area contributed by atoms with Crippen molar-refractivity contribution >= 4 is 11.8 Å². The second-order valence-corrected chi connectivity index (χ2v) is 6.61. The Morgan fingerprint density at radius 2 is 1.74 bits per heavy atom. The second-order valence-electron chi connectivity index (χ2n) is 5.67. The molecule has 0 amide bonds. The van der Waals surface area contributed by atoms with Crippen LogP contribution in [0, 0.1) is 5.82 Å². The molecule has 3 nitrogen and oxygen atoms in total. The van der Waals surface area contributed by atoms with E-state index in [-0.39, 0.29) is 0 Å². The molecule has 0 aliphatic rings. The predicted octanol–water partition coefficient (Wildman–Crippen LogP) is 5.58. The number of rotatable bonds is 6. The van der Waals surface area contributed by atoms with Gasteiger partial charge in [0, 0.05) is 12.3 Å². The highest BCUT2D eigenvalue weighted by Gasteiger charge is 2.29. The van der Waals surface area contributed by atoms with Gasteiger partial charge in [-0.25, -0.2) is 4.39 Å². The molecule has 0 unspecified atom stereocenters. The average Bonchev–Trinajstić information content (AvgIpc) is 3.03. The van der Waals surface area contributed by atoms with Gasteiger partial charge in [-0.05, 0) is 29.8 Å². The van der Waals surface area contributed by atoms with Gasteiger partial charge in [0.05, 0.1) is 11.1 Å². The van der Waals surface area contributed by atoms with Gasteiger partial charge in [0.25, 0.3) is 0 Å². The van der Waals surface area contributed by atoms with E-state index >= 15 is 0 Å². The lowest BCUT2D eigenvalue weighted by Crippen LogP contribution is -2.04. The van der Waals surface area contributed by atoms with E-state index in [1.54, 1.807) is 28.8 Å². The minimum absolute atomic E-state index is 0.327. The van der Waals surface area contributed by atoms with Crippen LogP contribution in [0.15, 0.2) is 66.3 Å². The van der Waals surface area contributed by atoms with Crippen molar-refractivity contribution in [1.82, 2.24) is 14.8 Å².